The second-order valence-corrected chi connectivity index (χ2v) is 13.2. The summed E-state index contributed by atoms with van der Waals surface area (Å²) in [6.07, 6.45) is 6.43. The molecule has 0 radical (unpaired) electrons. The van der Waals surface area contributed by atoms with Gasteiger partial charge in [0.05, 0.1) is 19.2 Å². The van der Waals surface area contributed by atoms with Gasteiger partial charge in [-0.2, -0.15) is 0 Å². The molecule has 14 nitrogen and oxygen atoms in total. The summed E-state index contributed by atoms with van der Waals surface area (Å²) in [5, 5.41) is 10.1. The van der Waals surface area contributed by atoms with Crippen molar-refractivity contribution in [2.45, 2.75) is 123 Å². The van der Waals surface area contributed by atoms with Crippen molar-refractivity contribution < 1.29 is 38.3 Å². The zero-order chi connectivity index (χ0) is 34.4. The van der Waals surface area contributed by atoms with E-state index in [0.717, 1.165) is 32.1 Å². The molecule has 1 aliphatic heterocycles. The Labute approximate surface area is 272 Å². The predicted molar refractivity (Wildman–Crippen MR) is 170 cm³/mol. The van der Waals surface area contributed by atoms with E-state index in [4.69, 9.17) is 10.5 Å². The number of hydrogen-bond donors (Lipinski definition) is 5. The van der Waals surface area contributed by atoms with Gasteiger partial charge in [-0.05, 0) is 43.4 Å². The van der Waals surface area contributed by atoms with Crippen molar-refractivity contribution in [3.63, 3.8) is 0 Å². The van der Waals surface area contributed by atoms with E-state index in [9.17, 15) is 33.6 Å². The molecule has 46 heavy (non-hydrogen) atoms. The highest BCUT2D eigenvalue weighted by atomic mass is 16.5. The summed E-state index contributed by atoms with van der Waals surface area (Å²) >= 11 is 0. The Morgan fingerprint density at radius 3 is 2.13 bits per heavy atom. The lowest BCUT2D eigenvalue weighted by atomic mass is 9.84. The number of carbonyl (C=O) groups is 7. The third kappa shape index (κ3) is 12.2. The van der Waals surface area contributed by atoms with E-state index in [1.165, 1.54) is 4.90 Å². The lowest BCUT2D eigenvalue weighted by Crippen LogP contribution is -2.57. The summed E-state index contributed by atoms with van der Waals surface area (Å²) in [7, 11) is 0. The van der Waals surface area contributed by atoms with Crippen molar-refractivity contribution >= 4 is 41.4 Å². The number of nitrogens with one attached hydrogen (secondary N) is 4. The summed E-state index contributed by atoms with van der Waals surface area (Å²) in [6.45, 7) is 9.06. The first-order chi connectivity index (χ1) is 21.7. The van der Waals surface area contributed by atoms with Crippen LogP contribution in [0.2, 0.25) is 0 Å². The third-order valence-electron chi connectivity index (χ3n) is 8.41. The SMILES string of the molecule is CCCC(NC(=O)[C@@H]1CCCN1C(=O)C(NC(=O)OCC(C)C)C(C)C)C(=O)C(=O)NCC(=O)NC(CC1CCCCC1)C(N)=O. The third-order valence-corrected chi connectivity index (χ3v) is 8.41. The first kappa shape index (κ1) is 38.5. The van der Waals surface area contributed by atoms with Crippen LogP contribution in [0.15, 0.2) is 0 Å². The Kier molecular flexibility index (Phi) is 15.9. The van der Waals surface area contributed by atoms with E-state index in [1.807, 2.05) is 13.8 Å². The van der Waals surface area contributed by atoms with Crippen molar-refractivity contribution in [3.05, 3.63) is 0 Å². The van der Waals surface area contributed by atoms with Gasteiger partial charge in [0.15, 0.2) is 0 Å². The molecule has 3 unspecified atom stereocenters. The molecule has 4 atom stereocenters. The van der Waals surface area contributed by atoms with Gasteiger partial charge in [0.2, 0.25) is 29.4 Å². The number of ether oxygens (including phenoxy) is 1. The van der Waals surface area contributed by atoms with Crippen LogP contribution in [0.4, 0.5) is 4.79 Å². The molecule has 0 bridgehead atoms. The number of primary amides is 1. The number of carbonyl (C=O) groups excluding carboxylic acids is 7. The Balaban J connectivity index is 1.98. The Hall–Kier alpha value is -3.71. The molecular formula is C32H54N6O8. The van der Waals surface area contributed by atoms with Crippen LogP contribution >= 0.6 is 0 Å². The maximum atomic E-state index is 13.5. The van der Waals surface area contributed by atoms with Crippen molar-refractivity contribution in [1.82, 2.24) is 26.2 Å². The number of nitrogens with zero attached hydrogens (tertiary/aromatic N) is 1. The van der Waals surface area contributed by atoms with E-state index in [-0.39, 0.29) is 37.3 Å². The molecule has 1 aliphatic carbocycles. The van der Waals surface area contributed by atoms with Gasteiger partial charge in [-0.1, -0.05) is 73.1 Å². The number of amides is 6. The lowest BCUT2D eigenvalue weighted by Gasteiger charge is -2.31. The lowest BCUT2D eigenvalue weighted by molar-refractivity contribution is -0.143. The molecular weight excluding hydrogens is 596 g/mol. The monoisotopic (exact) mass is 650 g/mol. The molecule has 0 aromatic rings. The van der Waals surface area contributed by atoms with Crippen LogP contribution in [0.1, 0.15) is 98.8 Å². The molecule has 6 N–H and O–H groups in total. The summed E-state index contributed by atoms with van der Waals surface area (Å²) < 4.78 is 5.17. The van der Waals surface area contributed by atoms with Crippen molar-refractivity contribution in [3.8, 4) is 0 Å². The quantitative estimate of drug-likeness (QED) is 0.145. The van der Waals surface area contributed by atoms with Gasteiger partial charge >= 0.3 is 6.09 Å². The van der Waals surface area contributed by atoms with Gasteiger partial charge in [-0.15, -0.1) is 0 Å². The molecule has 1 saturated heterocycles. The van der Waals surface area contributed by atoms with E-state index in [0.29, 0.717) is 25.7 Å². The number of Topliss-reactive ketones (excluding diaryl/α,β-unsaturated/α-hetero) is 1. The minimum Gasteiger partial charge on any atom is -0.449 e. The number of ketones is 1. The minimum atomic E-state index is -1.17. The highest BCUT2D eigenvalue weighted by Gasteiger charge is 2.40. The zero-order valence-electron chi connectivity index (χ0n) is 28.0. The number of hydrogen-bond acceptors (Lipinski definition) is 8. The fraction of sp³-hybridized carbons (Fsp3) is 0.781. The predicted octanol–water partition coefficient (Wildman–Crippen LogP) is 1.29. The maximum Gasteiger partial charge on any atom is 0.407 e. The number of likely N-dealkylation sites (tertiary alicyclic amines) is 1. The molecule has 1 heterocycles. The van der Waals surface area contributed by atoms with Crippen molar-refractivity contribution in [2.75, 3.05) is 19.7 Å². The highest BCUT2D eigenvalue weighted by Crippen LogP contribution is 2.27. The number of rotatable bonds is 17. The van der Waals surface area contributed by atoms with Crippen LogP contribution in [0.25, 0.3) is 0 Å². The van der Waals surface area contributed by atoms with E-state index in [2.05, 4.69) is 21.3 Å². The maximum absolute atomic E-state index is 13.5. The molecule has 2 aliphatic rings. The molecule has 0 aromatic carbocycles. The van der Waals surface area contributed by atoms with Crippen LogP contribution in [-0.4, -0.2) is 90.2 Å². The van der Waals surface area contributed by atoms with E-state index < -0.39 is 72.1 Å². The van der Waals surface area contributed by atoms with Crippen molar-refractivity contribution in [2.24, 2.45) is 23.5 Å². The molecule has 6 amide bonds. The molecule has 260 valence electrons. The van der Waals surface area contributed by atoms with Gasteiger partial charge in [-0.25, -0.2) is 4.79 Å². The second-order valence-electron chi connectivity index (χ2n) is 13.2. The van der Waals surface area contributed by atoms with Crippen LogP contribution in [-0.2, 0) is 33.5 Å². The summed E-state index contributed by atoms with van der Waals surface area (Å²) in [5.41, 5.74) is 5.50. The molecule has 2 fully saturated rings. The fourth-order valence-corrected chi connectivity index (χ4v) is 5.89. The zero-order valence-corrected chi connectivity index (χ0v) is 28.0. The van der Waals surface area contributed by atoms with E-state index in [1.54, 1.807) is 20.8 Å². The van der Waals surface area contributed by atoms with Crippen molar-refractivity contribution in [1.29, 1.82) is 0 Å². The topological polar surface area (TPSA) is 206 Å². The van der Waals surface area contributed by atoms with Crippen LogP contribution in [0.5, 0.6) is 0 Å². The largest absolute Gasteiger partial charge is 0.449 e. The molecule has 0 aromatic heterocycles. The molecule has 2 rings (SSSR count). The number of alkyl carbamates (subject to hydrolysis) is 1. The first-order valence-corrected chi connectivity index (χ1v) is 16.7. The van der Waals surface area contributed by atoms with Gasteiger partial charge < -0.3 is 36.6 Å². The van der Waals surface area contributed by atoms with Gasteiger partial charge in [0.1, 0.15) is 18.1 Å². The summed E-state index contributed by atoms with van der Waals surface area (Å²) in [6, 6.07) is -3.86. The van der Waals surface area contributed by atoms with Gasteiger partial charge in [0.25, 0.3) is 5.91 Å². The Morgan fingerprint density at radius 1 is 0.870 bits per heavy atom. The highest BCUT2D eigenvalue weighted by molar-refractivity contribution is 6.38. The fourth-order valence-electron chi connectivity index (χ4n) is 5.89. The van der Waals surface area contributed by atoms with Gasteiger partial charge in [0, 0.05) is 6.54 Å². The molecule has 0 spiro atoms. The molecule has 1 saturated carbocycles. The Bertz CT molecular complexity index is 1090. The first-order valence-electron chi connectivity index (χ1n) is 16.7. The normalized spacial score (nSPS) is 18.8. The average Bonchev–Trinajstić information content (AvgIpc) is 3.51. The van der Waals surface area contributed by atoms with Crippen LogP contribution in [0.3, 0.4) is 0 Å². The van der Waals surface area contributed by atoms with Gasteiger partial charge in [-0.3, -0.25) is 28.8 Å². The average molecular weight is 651 g/mol. The minimum absolute atomic E-state index is 0.119. The second kappa shape index (κ2) is 19.1. The smallest absolute Gasteiger partial charge is 0.407 e. The number of nitrogens with two attached hydrogens (primary N) is 1. The molecule has 14 heteroatoms. The summed E-state index contributed by atoms with van der Waals surface area (Å²) in [5.74, 6) is -4.20. The van der Waals surface area contributed by atoms with E-state index >= 15 is 0 Å². The van der Waals surface area contributed by atoms with Crippen LogP contribution < -0.4 is 27.0 Å². The summed E-state index contributed by atoms with van der Waals surface area (Å²) in [4.78, 5) is 90.8. The van der Waals surface area contributed by atoms with Crippen LogP contribution in [0, 0.1) is 17.8 Å². The Morgan fingerprint density at radius 2 is 1.54 bits per heavy atom. The standard InChI is InChI=1S/C32H54N6O8/c1-6-11-22(27(40)30(43)34-17-25(39)35-23(28(33)41)16-21-12-8-7-9-13-21)36-29(42)24-14-10-15-38(24)31(44)26(20(4)5)37-32(45)46-18-19(2)3/h19-24,26H,6-18H2,1-5H3,(H2,33,41)(H,34,43)(H,35,39)(H,36,42)(H,37,45)/t22?,23?,24-,26?/m0/s1.